The molecule has 1 aliphatic rings. The average molecular weight is 405 g/mol. The van der Waals surface area contributed by atoms with Crippen LogP contribution in [0.4, 0.5) is 5.82 Å². The van der Waals surface area contributed by atoms with Crippen molar-refractivity contribution in [2.45, 2.75) is 19.9 Å². The van der Waals surface area contributed by atoms with Crippen LogP contribution < -0.4 is 5.32 Å². The zero-order valence-corrected chi connectivity index (χ0v) is 18.0. The Morgan fingerprint density at radius 2 is 1.89 bits per heavy atom. The summed E-state index contributed by atoms with van der Waals surface area (Å²) in [6.07, 6.45) is 1.07. The Labute approximate surface area is 170 Å². The first-order valence-corrected chi connectivity index (χ1v) is 11.3. The molecule has 0 spiro atoms. The predicted octanol–water partition coefficient (Wildman–Crippen LogP) is 1.79. The van der Waals surface area contributed by atoms with Crippen LogP contribution in [0.15, 0.2) is 24.3 Å². The summed E-state index contributed by atoms with van der Waals surface area (Å²) < 4.78 is 14.0. The number of nitrogens with zero attached hydrogens (tertiary/aromatic N) is 5. The molecule has 1 aromatic heterocycles. The van der Waals surface area contributed by atoms with Crippen molar-refractivity contribution in [2.24, 2.45) is 0 Å². The third kappa shape index (κ3) is 5.70. The molecule has 8 heteroatoms. The minimum atomic E-state index is -0.843. The van der Waals surface area contributed by atoms with Gasteiger partial charge < -0.3 is 10.2 Å². The van der Waals surface area contributed by atoms with Crippen molar-refractivity contribution in [1.82, 2.24) is 24.1 Å². The second kappa shape index (κ2) is 10.2. The predicted molar refractivity (Wildman–Crippen MR) is 117 cm³/mol. The summed E-state index contributed by atoms with van der Waals surface area (Å²) in [7, 11) is 3.34. The van der Waals surface area contributed by atoms with Crippen molar-refractivity contribution in [2.75, 3.05) is 64.4 Å². The van der Waals surface area contributed by atoms with Crippen LogP contribution in [-0.2, 0) is 17.5 Å². The maximum atomic E-state index is 12.0. The number of nitrogens with one attached hydrogen (secondary N) is 1. The van der Waals surface area contributed by atoms with Gasteiger partial charge in [0.25, 0.3) is 0 Å². The maximum Gasteiger partial charge on any atom is 0.145 e. The minimum absolute atomic E-state index is 0.691. The molecular weight excluding hydrogens is 372 g/mol. The molecule has 1 unspecified atom stereocenters. The van der Waals surface area contributed by atoms with Crippen molar-refractivity contribution < 1.29 is 4.21 Å². The molecule has 2 heterocycles. The van der Waals surface area contributed by atoms with Gasteiger partial charge in [0.05, 0.1) is 23.0 Å². The first-order chi connectivity index (χ1) is 13.6. The standard InChI is InChI=1S/C20H32N6OS/c1-4-28(27)26-14-12-25(13-15-26)16-19-22-18-9-6-5-8-17(18)20(23-19)21-10-7-11-24(2)3/h5-6,8-9H,4,7,10-16H2,1-3H3,(H,21,22,23). The van der Waals surface area contributed by atoms with Gasteiger partial charge in [0.1, 0.15) is 11.6 Å². The molecule has 28 heavy (non-hydrogen) atoms. The monoisotopic (exact) mass is 404 g/mol. The van der Waals surface area contributed by atoms with E-state index in [0.717, 1.165) is 74.8 Å². The summed E-state index contributed by atoms with van der Waals surface area (Å²) in [4.78, 5) is 14.2. The number of benzene rings is 1. The van der Waals surface area contributed by atoms with Crippen LogP contribution in [0, 0.1) is 0 Å². The van der Waals surface area contributed by atoms with E-state index in [1.54, 1.807) is 0 Å². The lowest BCUT2D eigenvalue weighted by molar-refractivity contribution is 0.182. The van der Waals surface area contributed by atoms with Gasteiger partial charge in [0, 0.05) is 43.9 Å². The van der Waals surface area contributed by atoms with E-state index in [1.807, 2.05) is 25.1 Å². The SMILES string of the molecule is CCS(=O)N1CCN(Cc2nc(NCCCN(C)C)c3ccccc3n2)CC1. The second-order valence-electron chi connectivity index (χ2n) is 7.40. The Morgan fingerprint density at radius 1 is 1.14 bits per heavy atom. The number of fused-ring (bicyclic) bond motifs is 1. The van der Waals surface area contributed by atoms with Gasteiger partial charge in [-0.05, 0) is 39.2 Å². The molecule has 154 valence electrons. The number of piperazine rings is 1. The Bertz CT molecular complexity index is 791. The Morgan fingerprint density at radius 3 is 2.61 bits per heavy atom. The number of rotatable bonds is 9. The highest BCUT2D eigenvalue weighted by molar-refractivity contribution is 7.82. The van der Waals surface area contributed by atoms with Gasteiger partial charge in [-0.2, -0.15) is 0 Å². The molecule has 1 aliphatic heterocycles. The molecule has 0 amide bonds. The Hall–Kier alpha value is -1.61. The molecule has 1 atom stereocenters. The lowest BCUT2D eigenvalue weighted by atomic mass is 10.2. The van der Waals surface area contributed by atoms with Crippen molar-refractivity contribution in [3.8, 4) is 0 Å². The largest absolute Gasteiger partial charge is 0.369 e. The summed E-state index contributed by atoms with van der Waals surface area (Å²) in [5.74, 6) is 2.46. The van der Waals surface area contributed by atoms with Crippen LogP contribution in [0.3, 0.4) is 0 Å². The van der Waals surface area contributed by atoms with Crippen molar-refractivity contribution in [3.05, 3.63) is 30.1 Å². The first-order valence-electron chi connectivity index (χ1n) is 10.1. The fraction of sp³-hybridized carbons (Fsp3) is 0.600. The molecule has 1 aromatic carbocycles. The second-order valence-corrected chi connectivity index (χ2v) is 9.14. The van der Waals surface area contributed by atoms with Crippen LogP contribution >= 0.6 is 0 Å². The Balaban J connectivity index is 1.67. The summed E-state index contributed by atoms with van der Waals surface area (Å²) in [5, 5.41) is 4.57. The summed E-state index contributed by atoms with van der Waals surface area (Å²) in [5.41, 5.74) is 0.980. The van der Waals surface area contributed by atoms with Gasteiger partial charge >= 0.3 is 0 Å². The fourth-order valence-corrected chi connectivity index (χ4v) is 4.34. The molecule has 0 saturated carbocycles. The van der Waals surface area contributed by atoms with Crippen LogP contribution in [0.5, 0.6) is 0 Å². The van der Waals surface area contributed by atoms with E-state index in [9.17, 15) is 4.21 Å². The van der Waals surface area contributed by atoms with Crippen molar-refractivity contribution in [1.29, 1.82) is 0 Å². The van der Waals surface area contributed by atoms with Crippen molar-refractivity contribution in [3.63, 3.8) is 0 Å². The summed E-state index contributed by atoms with van der Waals surface area (Å²) >= 11 is 0. The van der Waals surface area contributed by atoms with E-state index >= 15 is 0 Å². The van der Waals surface area contributed by atoms with Crippen LogP contribution in [0.1, 0.15) is 19.2 Å². The fourth-order valence-electron chi connectivity index (χ4n) is 3.41. The topological polar surface area (TPSA) is 64.6 Å². The highest BCUT2D eigenvalue weighted by Crippen LogP contribution is 2.21. The molecule has 3 rings (SSSR count). The normalized spacial score (nSPS) is 17.3. The number of hydrogen-bond donors (Lipinski definition) is 1. The lowest BCUT2D eigenvalue weighted by Gasteiger charge is -2.33. The van der Waals surface area contributed by atoms with Gasteiger partial charge in [0.2, 0.25) is 0 Å². The molecule has 0 bridgehead atoms. The third-order valence-electron chi connectivity index (χ3n) is 4.96. The minimum Gasteiger partial charge on any atom is -0.369 e. The smallest absolute Gasteiger partial charge is 0.145 e. The summed E-state index contributed by atoms with van der Waals surface area (Å²) in [6, 6.07) is 8.18. The number of aromatic nitrogens is 2. The van der Waals surface area contributed by atoms with E-state index in [4.69, 9.17) is 9.97 Å². The molecule has 1 N–H and O–H groups in total. The summed E-state index contributed by atoms with van der Waals surface area (Å²) in [6.45, 7) is 8.10. The molecule has 1 fully saturated rings. The molecule has 0 radical (unpaired) electrons. The first kappa shape index (κ1) is 21.1. The molecular formula is C20H32N6OS. The third-order valence-corrected chi connectivity index (χ3v) is 6.39. The highest BCUT2D eigenvalue weighted by atomic mass is 32.2. The number of hydrogen-bond acceptors (Lipinski definition) is 6. The van der Waals surface area contributed by atoms with E-state index < -0.39 is 11.0 Å². The van der Waals surface area contributed by atoms with E-state index in [2.05, 4.69) is 39.6 Å². The zero-order chi connectivity index (χ0) is 19.9. The van der Waals surface area contributed by atoms with Crippen LogP contribution in [0.2, 0.25) is 0 Å². The Kier molecular flexibility index (Phi) is 7.73. The van der Waals surface area contributed by atoms with E-state index in [0.29, 0.717) is 5.75 Å². The number of para-hydroxylation sites is 1. The van der Waals surface area contributed by atoms with Crippen LogP contribution in [0.25, 0.3) is 10.9 Å². The molecule has 0 aliphatic carbocycles. The van der Waals surface area contributed by atoms with Gasteiger partial charge in [-0.25, -0.2) is 18.5 Å². The average Bonchev–Trinajstić information content (AvgIpc) is 2.71. The van der Waals surface area contributed by atoms with Gasteiger partial charge in [-0.15, -0.1) is 0 Å². The van der Waals surface area contributed by atoms with E-state index in [1.165, 1.54) is 0 Å². The van der Waals surface area contributed by atoms with Gasteiger partial charge in [0.15, 0.2) is 0 Å². The lowest BCUT2D eigenvalue weighted by Crippen LogP contribution is -2.46. The molecule has 7 nitrogen and oxygen atoms in total. The molecule has 2 aromatic rings. The molecule has 1 saturated heterocycles. The maximum absolute atomic E-state index is 12.0. The highest BCUT2D eigenvalue weighted by Gasteiger charge is 2.21. The van der Waals surface area contributed by atoms with Crippen LogP contribution in [-0.4, -0.2) is 87.4 Å². The van der Waals surface area contributed by atoms with Gasteiger partial charge in [-0.1, -0.05) is 19.1 Å². The zero-order valence-electron chi connectivity index (χ0n) is 17.2. The van der Waals surface area contributed by atoms with Crippen molar-refractivity contribution >= 4 is 27.7 Å². The van der Waals surface area contributed by atoms with E-state index in [-0.39, 0.29) is 0 Å². The number of anilines is 1. The van der Waals surface area contributed by atoms with Gasteiger partial charge in [-0.3, -0.25) is 4.90 Å². The quantitative estimate of drug-likeness (QED) is 0.643.